The molecule has 1 unspecified atom stereocenters. The summed E-state index contributed by atoms with van der Waals surface area (Å²) in [5.41, 5.74) is 2.34. The van der Waals surface area contributed by atoms with Gasteiger partial charge in [0, 0.05) is 30.0 Å². The number of aliphatic hydroxyl groups is 1. The molecule has 1 saturated carbocycles. The highest BCUT2D eigenvalue weighted by molar-refractivity contribution is 7.13. The molecule has 2 N–H and O–H groups in total. The van der Waals surface area contributed by atoms with Crippen LogP contribution in [0, 0.1) is 6.92 Å². The van der Waals surface area contributed by atoms with Crippen molar-refractivity contribution in [3.8, 4) is 10.7 Å². The lowest BCUT2D eigenvalue weighted by molar-refractivity contribution is -0.0361. The van der Waals surface area contributed by atoms with Crippen molar-refractivity contribution in [1.29, 1.82) is 0 Å². The molecule has 2 aromatic rings. The molecule has 0 aliphatic heterocycles. The van der Waals surface area contributed by atoms with E-state index in [0.717, 1.165) is 16.3 Å². The van der Waals surface area contributed by atoms with E-state index in [1.807, 2.05) is 18.4 Å². The van der Waals surface area contributed by atoms with E-state index in [1.165, 1.54) is 11.3 Å². The average Bonchev–Trinajstić information content (AvgIpc) is 2.96. The molecular weight excluding hydrogens is 332 g/mol. The zero-order valence-corrected chi connectivity index (χ0v) is 14.5. The Morgan fingerprint density at radius 2 is 2.00 bits per heavy atom. The van der Waals surface area contributed by atoms with Gasteiger partial charge >= 0.3 is 0 Å². The van der Waals surface area contributed by atoms with Gasteiger partial charge in [-0.05, 0) is 44.4 Å². The molecule has 0 aromatic carbocycles. The lowest BCUT2D eigenvalue weighted by atomic mass is 9.92. The van der Waals surface area contributed by atoms with Crippen LogP contribution in [0.15, 0.2) is 17.5 Å². The number of hydrogen-bond acceptors (Lipinski definition) is 5. The van der Waals surface area contributed by atoms with Crippen molar-refractivity contribution < 1.29 is 13.9 Å². The summed E-state index contributed by atoms with van der Waals surface area (Å²) < 4.78 is 26.6. The number of nitrogens with one attached hydrogen (secondary N) is 1. The number of halogens is 2. The molecule has 1 fully saturated rings. The number of rotatable bonds is 4. The van der Waals surface area contributed by atoms with E-state index >= 15 is 0 Å². The van der Waals surface area contributed by atoms with Crippen molar-refractivity contribution >= 4 is 17.2 Å². The van der Waals surface area contributed by atoms with Crippen LogP contribution in [0.1, 0.15) is 50.0 Å². The zero-order chi connectivity index (χ0) is 17.3. The first-order valence-electron chi connectivity index (χ1n) is 8.09. The maximum absolute atomic E-state index is 13.3. The van der Waals surface area contributed by atoms with Gasteiger partial charge < -0.3 is 10.4 Å². The van der Waals surface area contributed by atoms with Crippen molar-refractivity contribution in [1.82, 2.24) is 9.97 Å². The summed E-state index contributed by atoms with van der Waals surface area (Å²) >= 11 is 1.50. The number of aliphatic hydroxyl groups excluding tert-OH is 1. The summed E-state index contributed by atoms with van der Waals surface area (Å²) in [5, 5.41) is 15.9. The van der Waals surface area contributed by atoms with Gasteiger partial charge in [0.15, 0.2) is 0 Å². The molecular formula is C17H21F2N3OS. The van der Waals surface area contributed by atoms with E-state index in [9.17, 15) is 13.9 Å². The highest BCUT2D eigenvalue weighted by atomic mass is 32.1. The topological polar surface area (TPSA) is 58.0 Å². The Balaban J connectivity index is 1.83. The van der Waals surface area contributed by atoms with Crippen LogP contribution in [0.3, 0.4) is 0 Å². The maximum atomic E-state index is 13.3. The van der Waals surface area contributed by atoms with E-state index < -0.39 is 12.0 Å². The zero-order valence-electron chi connectivity index (χ0n) is 13.7. The molecule has 130 valence electrons. The number of nitrogens with zero attached hydrogens (tertiary/aromatic N) is 2. The van der Waals surface area contributed by atoms with Crippen molar-refractivity contribution in [2.45, 2.75) is 57.6 Å². The Labute approximate surface area is 144 Å². The molecule has 0 bridgehead atoms. The van der Waals surface area contributed by atoms with Crippen LogP contribution in [-0.2, 0) is 0 Å². The van der Waals surface area contributed by atoms with Crippen molar-refractivity contribution in [2.24, 2.45) is 0 Å². The minimum absolute atomic E-state index is 0.0211. The van der Waals surface area contributed by atoms with Crippen LogP contribution in [0.25, 0.3) is 10.7 Å². The minimum atomic E-state index is -2.54. The Hall–Kier alpha value is -1.60. The first-order chi connectivity index (χ1) is 11.3. The Morgan fingerprint density at radius 3 is 2.58 bits per heavy atom. The number of pyridine rings is 1. The van der Waals surface area contributed by atoms with E-state index in [0.29, 0.717) is 24.4 Å². The molecule has 0 amide bonds. The molecule has 1 aliphatic carbocycles. The third-order valence-electron chi connectivity index (χ3n) is 4.24. The fourth-order valence-corrected chi connectivity index (χ4v) is 3.60. The summed E-state index contributed by atoms with van der Waals surface area (Å²) in [6.45, 7) is 3.61. The number of thiazole rings is 1. The van der Waals surface area contributed by atoms with Gasteiger partial charge in [0.25, 0.3) is 0 Å². The van der Waals surface area contributed by atoms with Crippen LogP contribution in [0.4, 0.5) is 14.6 Å². The lowest BCUT2D eigenvalue weighted by Crippen LogP contribution is -2.32. The van der Waals surface area contributed by atoms with E-state index in [4.69, 9.17) is 0 Å². The number of aromatic nitrogens is 2. The fraction of sp³-hybridized carbons (Fsp3) is 0.529. The first-order valence-corrected chi connectivity index (χ1v) is 8.97. The molecule has 0 spiro atoms. The molecule has 2 heterocycles. The summed E-state index contributed by atoms with van der Waals surface area (Å²) in [6, 6.07) is 3.58. The molecule has 0 saturated heterocycles. The molecule has 0 radical (unpaired) electrons. The van der Waals surface area contributed by atoms with Crippen LogP contribution in [0.5, 0.6) is 0 Å². The average molecular weight is 353 g/mol. The number of alkyl halides is 2. The summed E-state index contributed by atoms with van der Waals surface area (Å²) in [7, 11) is 0. The highest BCUT2D eigenvalue weighted by Gasteiger charge is 2.35. The third kappa shape index (κ3) is 4.08. The molecule has 24 heavy (non-hydrogen) atoms. The van der Waals surface area contributed by atoms with Gasteiger partial charge in [0.2, 0.25) is 5.92 Å². The number of aryl methyl sites for hydroxylation is 1. The Morgan fingerprint density at radius 1 is 1.29 bits per heavy atom. The Bertz CT molecular complexity index is 708. The highest BCUT2D eigenvalue weighted by Crippen LogP contribution is 2.34. The van der Waals surface area contributed by atoms with E-state index in [2.05, 4.69) is 15.3 Å². The summed E-state index contributed by atoms with van der Waals surface area (Å²) in [5.74, 6) is -1.94. The van der Waals surface area contributed by atoms with Crippen LogP contribution >= 0.6 is 11.3 Å². The van der Waals surface area contributed by atoms with Gasteiger partial charge in [-0.3, -0.25) is 0 Å². The maximum Gasteiger partial charge on any atom is 0.248 e. The standard InChI is InChI=1S/C17H21F2N3OS/c1-10-9-24-16(20-10)14-7-12(11(2)23)8-15(22-14)21-13-3-5-17(18,19)6-4-13/h7-9,11,13,23H,3-6H2,1-2H3,(H,21,22). The molecule has 4 nitrogen and oxygen atoms in total. The minimum Gasteiger partial charge on any atom is -0.389 e. The molecule has 2 aromatic heterocycles. The van der Waals surface area contributed by atoms with Crippen molar-refractivity contribution in [3.63, 3.8) is 0 Å². The van der Waals surface area contributed by atoms with Gasteiger partial charge in [0.1, 0.15) is 16.5 Å². The van der Waals surface area contributed by atoms with E-state index in [-0.39, 0.29) is 18.9 Å². The third-order valence-corrected chi connectivity index (χ3v) is 5.22. The van der Waals surface area contributed by atoms with Crippen LogP contribution in [0.2, 0.25) is 0 Å². The van der Waals surface area contributed by atoms with Gasteiger partial charge in [-0.25, -0.2) is 18.7 Å². The molecule has 3 rings (SSSR count). The van der Waals surface area contributed by atoms with Crippen LogP contribution in [-0.4, -0.2) is 27.0 Å². The van der Waals surface area contributed by atoms with E-state index in [1.54, 1.807) is 13.0 Å². The predicted octanol–water partition coefficient (Wildman–Crippen LogP) is 4.56. The molecule has 1 aliphatic rings. The Kier molecular flexibility index (Phi) is 4.83. The lowest BCUT2D eigenvalue weighted by Gasteiger charge is -2.29. The van der Waals surface area contributed by atoms with Gasteiger partial charge in [-0.15, -0.1) is 11.3 Å². The first kappa shape index (κ1) is 17.2. The second-order valence-electron chi connectivity index (χ2n) is 6.42. The smallest absolute Gasteiger partial charge is 0.248 e. The second kappa shape index (κ2) is 6.72. The SMILES string of the molecule is Cc1csc(-c2cc(C(C)O)cc(NC3CCC(F)(F)CC3)n2)n1. The van der Waals surface area contributed by atoms with Crippen molar-refractivity contribution in [3.05, 3.63) is 28.8 Å². The van der Waals surface area contributed by atoms with Gasteiger partial charge in [-0.2, -0.15) is 0 Å². The molecule has 7 heteroatoms. The van der Waals surface area contributed by atoms with Gasteiger partial charge in [0.05, 0.1) is 6.10 Å². The summed E-state index contributed by atoms with van der Waals surface area (Å²) in [6.07, 6.45) is 0.000915. The second-order valence-corrected chi connectivity index (χ2v) is 7.27. The van der Waals surface area contributed by atoms with Crippen LogP contribution < -0.4 is 5.32 Å². The molecule has 1 atom stereocenters. The fourth-order valence-electron chi connectivity index (χ4n) is 2.84. The largest absolute Gasteiger partial charge is 0.389 e. The normalized spacial score (nSPS) is 19.2. The van der Waals surface area contributed by atoms with Gasteiger partial charge in [-0.1, -0.05) is 0 Å². The predicted molar refractivity (Wildman–Crippen MR) is 91.5 cm³/mol. The van der Waals surface area contributed by atoms with Crippen molar-refractivity contribution in [2.75, 3.05) is 5.32 Å². The number of hydrogen-bond donors (Lipinski definition) is 2. The monoisotopic (exact) mass is 353 g/mol. The quantitative estimate of drug-likeness (QED) is 0.846. The summed E-state index contributed by atoms with van der Waals surface area (Å²) in [4.78, 5) is 9.00. The number of anilines is 1.